The molecule has 2 aliphatic heterocycles. The molecule has 2 aliphatic rings. The number of piperidine rings is 2. The van der Waals surface area contributed by atoms with Crippen LogP contribution in [0.3, 0.4) is 0 Å². The number of nitrogens with one attached hydrogen (secondary N) is 2. The first-order valence-corrected chi connectivity index (χ1v) is 8.14. The number of rotatable bonds is 3. The lowest BCUT2D eigenvalue weighted by atomic mass is 9.74. The summed E-state index contributed by atoms with van der Waals surface area (Å²) in [6.07, 6.45) is 6.58. The predicted octanol–water partition coefficient (Wildman–Crippen LogP) is 1.36. The Hall–Kier alpha value is -1.43. The van der Waals surface area contributed by atoms with E-state index >= 15 is 0 Å². The number of carbonyl (C=O) groups excluding carboxylic acids is 1. The fraction of sp³-hybridized carbons (Fsp3) is 0.800. The van der Waals surface area contributed by atoms with E-state index in [4.69, 9.17) is 0 Å². The van der Waals surface area contributed by atoms with Gasteiger partial charge in [0.15, 0.2) is 0 Å². The van der Waals surface area contributed by atoms with Gasteiger partial charge < -0.3 is 10.2 Å². The minimum Gasteiger partial charge on any atom is -0.335 e. The van der Waals surface area contributed by atoms with Crippen LogP contribution in [0.1, 0.15) is 55.5 Å². The van der Waals surface area contributed by atoms with Gasteiger partial charge in [-0.05, 0) is 38.6 Å². The summed E-state index contributed by atoms with van der Waals surface area (Å²) in [6.45, 7) is 5.91. The van der Waals surface area contributed by atoms with E-state index in [1.54, 1.807) is 0 Å². The zero-order chi connectivity index (χ0) is 14.7. The number of nitrogens with zero attached hydrogens (tertiary/aromatic N) is 3. The number of hydrogen-bond acceptors (Lipinski definition) is 4. The van der Waals surface area contributed by atoms with Crippen molar-refractivity contribution in [2.45, 2.75) is 45.4 Å². The van der Waals surface area contributed by atoms with Gasteiger partial charge in [-0.15, -0.1) is 5.10 Å². The molecular weight excluding hydrogens is 266 g/mol. The molecule has 1 unspecified atom stereocenters. The van der Waals surface area contributed by atoms with E-state index in [-0.39, 0.29) is 11.3 Å². The Morgan fingerprint density at radius 3 is 3.00 bits per heavy atom. The second-order valence-corrected chi connectivity index (χ2v) is 6.47. The summed E-state index contributed by atoms with van der Waals surface area (Å²) in [6, 6.07) is 0. The molecule has 2 saturated heterocycles. The van der Waals surface area contributed by atoms with Gasteiger partial charge >= 0.3 is 0 Å². The topological polar surface area (TPSA) is 73.9 Å². The number of hydrogen-bond donors (Lipinski definition) is 2. The molecular formula is C15H25N5O. The van der Waals surface area contributed by atoms with Gasteiger partial charge in [0, 0.05) is 31.5 Å². The molecule has 1 atom stereocenters. The Kier molecular flexibility index (Phi) is 4.24. The van der Waals surface area contributed by atoms with E-state index in [1.165, 1.54) is 19.3 Å². The number of H-pyrrole nitrogens is 1. The zero-order valence-corrected chi connectivity index (χ0v) is 12.8. The maximum Gasteiger partial charge on any atom is 0.293 e. The van der Waals surface area contributed by atoms with E-state index in [2.05, 4.69) is 27.4 Å². The summed E-state index contributed by atoms with van der Waals surface area (Å²) in [4.78, 5) is 18.9. The molecule has 6 nitrogen and oxygen atoms in total. The molecule has 3 heterocycles. The Morgan fingerprint density at radius 1 is 1.38 bits per heavy atom. The van der Waals surface area contributed by atoms with Crippen molar-refractivity contribution >= 4 is 5.91 Å². The number of aromatic amines is 1. The van der Waals surface area contributed by atoms with Crippen LogP contribution in [0.25, 0.3) is 0 Å². The Bertz CT molecular complexity index is 486. The van der Waals surface area contributed by atoms with Gasteiger partial charge in [-0.25, -0.2) is 4.98 Å². The van der Waals surface area contributed by atoms with Crippen LogP contribution in [0.2, 0.25) is 0 Å². The second-order valence-electron chi connectivity index (χ2n) is 6.47. The van der Waals surface area contributed by atoms with Crippen molar-refractivity contribution in [3.05, 3.63) is 11.6 Å². The number of likely N-dealkylation sites (tertiary alicyclic amines) is 1. The molecule has 6 heteroatoms. The van der Waals surface area contributed by atoms with E-state index < -0.39 is 0 Å². The van der Waals surface area contributed by atoms with Crippen LogP contribution < -0.4 is 5.32 Å². The lowest BCUT2D eigenvalue weighted by molar-refractivity contribution is 0.0424. The molecule has 3 rings (SSSR count). The third kappa shape index (κ3) is 3.10. The zero-order valence-electron chi connectivity index (χ0n) is 12.8. The third-order valence-electron chi connectivity index (χ3n) is 4.72. The molecule has 2 N–H and O–H groups in total. The summed E-state index contributed by atoms with van der Waals surface area (Å²) < 4.78 is 0. The minimum atomic E-state index is -0.0155. The van der Waals surface area contributed by atoms with Crippen molar-refractivity contribution in [2.75, 3.05) is 26.2 Å². The summed E-state index contributed by atoms with van der Waals surface area (Å²) in [7, 11) is 0. The summed E-state index contributed by atoms with van der Waals surface area (Å²) in [5, 5.41) is 10.5. The third-order valence-corrected chi connectivity index (χ3v) is 4.72. The molecule has 1 spiro atoms. The average molecular weight is 291 g/mol. The molecule has 0 aliphatic carbocycles. The first-order chi connectivity index (χ1) is 10.2. The Morgan fingerprint density at radius 2 is 2.24 bits per heavy atom. The number of aryl methyl sites for hydroxylation is 1. The van der Waals surface area contributed by atoms with Gasteiger partial charge in [0.2, 0.25) is 5.82 Å². The lowest BCUT2D eigenvalue weighted by Gasteiger charge is -2.45. The van der Waals surface area contributed by atoms with E-state index in [1.807, 2.05) is 4.90 Å². The Labute approximate surface area is 125 Å². The largest absolute Gasteiger partial charge is 0.335 e. The van der Waals surface area contributed by atoms with Gasteiger partial charge in [-0.3, -0.25) is 9.89 Å². The highest BCUT2D eigenvalue weighted by Crippen LogP contribution is 2.36. The average Bonchev–Trinajstić information content (AvgIpc) is 2.96. The van der Waals surface area contributed by atoms with Gasteiger partial charge in [-0.1, -0.05) is 6.92 Å². The van der Waals surface area contributed by atoms with Gasteiger partial charge in [0.25, 0.3) is 5.91 Å². The van der Waals surface area contributed by atoms with Crippen molar-refractivity contribution < 1.29 is 4.79 Å². The molecule has 21 heavy (non-hydrogen) atoms. The molecule has 1 aromatic heterocycles. The van der Waals surface area contributed by atoms with Crippen LogP contribution >= 0.6 is 0 Å². The van der Waals surface area contributed by atoms with Gasteiger partial charge in [0.05, 0.1) is 0 Å². The molecule has 1 aromatic rings. The number of carbonyl (C=O) groups is 1. The summed E-state index contributed by atoms with van der Waals surface area (Å²) >= 11 is 0. The maximum absolute atomic E-state index is 12.6. The van der Waals surface area contributed by atoms with Crippen LogP contribution in [0.4, 0.5) is 0 Å². The van der Waals surface area contributed by atoms with Crippen LogP contribution in [0.5, 0.6) is 0 Å². The number of amides is 1. The van der Waals surface area contributed by atoms with Crippen LogP contribution in [-0.2, 0) is 6.42 Å². The van der Waals surface area contributed by atoms with Crippen LogP contribution in [0.15, 0.2) is 0 Å². The highest BCUT2D eigenvalue weighted by Gasteiger charge is 2.38. The first kappa shape index (κ1) is 14.5. The smallest absolute Gasteiger partial charge is 0.293 e. The summed E-state index contributed by atoms with van der Waals surface area (Å²) in [5.41, 5.74) is 0.273. The molecule has 2 fully saturated rings. The molecule has 0 radical (unpaired) electrons. The summed E-state index contributed by atoms with van der Waals surface area (Å²) in [5.74, 6) is 1.13. The first-order valence-electron chi connectivity index (χ1n) is 8.14. The van der Waals surface area contributed by atoms with Gasteiger partial charge in [0.1, 0.15) is 5.82 Å². The van der Waals surface area contributed by atoms with Crippen LogP contribution in [0, 0.1) is 5.41 Å². The fourth-order valence-electron chi connectivity index (χ4n) is 3.64. The normalized spacial score (nSPS) is 26.2. The van der Waals surface area contributed by atoms with Gasteiger partial charge in [-0.2, -0.15) is 0 Å². The minimum absolute atomic E-state index is 0.0155. The van der Waals surface area contributed by atoms with Crippen molar-refractivity contribution in [3.63, 3.8) is 0 Å². The van der Waals surface area contributed by atoms with Crippen LogP contribution in [-0.4, -0.2) is 52.2 Å². The van der Waals surface area contributed by atoms with E-state index in [0.29, 0.717) is 5.82 Å². The van der Waals surface area contributed by atoms with Crippen molar-refractivity contribution in [2.24, 2.45) is 5.41 Å². The molecule has 116 valence electrons. The fourth-order valence-corrected chi connectivity index (χ4v) is 3.64. The molecule has 1 amide bonds. The second kappa shape index (κ2) is 6.13. The highest BCUT2D eigenvalue weighted by molar-refractivity contribution is 5.90. The predicted molar refractivity (Wildman–Crippen MR) is 80.1 cm³/mol. The van der Waals surface area contributed by atoms with Crippen molar-refractivity contribution in [1.82, 2.24) is 25.4 Å². The SMILES string of the molecule is CCCc1nc(C(=O)N2CCCC3(CCCNC3)C2)n[nH]1. The molecule has 0 aromatic carbocycles. The van der Waals surface area contributed by atoms with Crippen molar-refractivity contribution in [3.8, 4) is 0 Å². The monoisotopic (exact) mass is 291 g/mol. The highest BCUT2D eigenvalue weighted by atomic mass is 16.2. The number of aromatic nitrogens is 3. The van der Waals surface area contributed by atoms with Crippen molar-refractivity contribution in [1.29, 1.82) is 0 Å². The standard InChI is InChI=1S/C15H25N5O/c1-2-5-12-17-13(19-18-12)14(21)20-9-4-7-15(11-20)6-3-8-16-10-15/h16H,2-11H2,1H3,(H,17,18,19). The quantitative estimate of drug-likeness (QED) is 0.882. The lowest BCUT2D eigenvalue weighted by Crippen LogP contribution is -2.52. The molecule has 0 saturated carbocycles. The molecule has 0 bridgehead atoms. The Balaban J connectivity index is 1.68. The van der Waals surface area contributed by atoms with E-state index in [9.17, 15) is 4.79 Å². The maximum atomic E-state index is 12.6. The van der Waals surface area contributed by atoms with E-state index in [0.717, 1.165) is 51.3 Å².